The minimum Gasteiger partial charge on any atom is -0.387 e. The van der Waals surface area contributed by atoms with E-state index in [1.54, 1.807) is 5.92 Å². The van der Waals surface area contributed by atoms with Gasteiger partial charge in [-0.3, -0.25) is 23.4 Å². The number of hydrogen-bond acceptors (Lipinski definition) is 12. The first-order valence-corrected chi connectivity index (χ1v) is 14.1. The molecule has 0 aliphatic carbocycles. The Morgan fingerprint density at radius 1 is 1.26 bits per heavy atom. The highest BCUT2D eigenvalue weighted by Crippen LogP contribution is 2.67. The van der Waals surface area contributed by atoms with E-state index < -0.39 is 66.1 Å². The molecule has 8 N–H and O–H groups in total. The molecule has 0 saturated carbocycles. The number of ether oxygens (including phenoxy) is 1. The average Bonchev–Trinajstić information content (AvgIpc) is 3.15. The first kappa shape index (κ1) is 27.6. The Bertz CT molecular complexity index is 1370. The van der Waals surface area contributed by atoms with Crippen LogP contribution in [0.5, 0.6) is 0 Å². The van der Waals surface area contributed by atoms with Crippen LogP contribution in [0.3, 0.4) is 0 Å². The van der Waals surface area contributed by atoms with Crippen LogP contribution in [0.4, 0.5) is 5.95 Å². The zero-order chi connectivity index (χ0) is 26.3. The molecule has 2 aromatic heterocycles. The molecule has 35 heavy (non-hydrogen) atoms. The quantitative estimate of drug-likeness (QED) is 0.0976. The van der Waals surface area contributed by atoms with Gasteiger partial charge in [-0.05, 0) is 0 Å². The number of terminal acetylenes is 1. The lowest BCUT2D eigenvalue weighted by atomic mass is 10.1. The second-order valence-electron chi connectivity index (χ2n) is 7.20. The molecule has 0 amide bonds. The van der Waals surface area contributed by atoms with Gasteiger partial charge in [0, 0.05) is 0 Å². The van der Waals surface area contributed by atoms with E-state index in [2.05, 4.69) is 23.1 Å². The third-order valence-electron chi connectivity index (χ3n) is 4.53. The number of hydrogen-bond donors (Lipinski definition) is 7. The molecule has 194 valence electrons. The maximum absolute atomic E-state index is 12.2. The third-order valence-corrected chi connectivity index (χ3v) is 9.09. The lowest BCUT2D eigenvalue weighted by Gasteiger charge is -2.19. The highest BCUT2D eigenvalue weighted by atomic mass is 31.3. The number of aromatic amines is 1. The lowest BCUT2D eigenvalue weighted by molar-refractivity contribution is -0.745. The van der Waals surface area contributed by atoms with Crippen molar-refractivity contribution in [2.45, 2.75) is 24.5 Å². The van der Waals surface area contributed by atoms with E-state index in [0.717, 1.165) is 0 Å². The maximum atomic E-state index is 12.2. The summed E-state index contributed by atoms with van der Waals surface area (Å²) in [5.41, 5.74) is 5.01. The Labute approximate surface area is 195 Å². The fourth-order valence-electron chi connectivity index (χ4n) is 3.19. The molecule has 21 heteroatoms. The Morgan fingerprint density at radius 2 is 1.91 bits per heavy atom. The van der Waals surface area contributed by atoms with Crippen LogP contribution in [-0.4, -0.2) is 70.5 Å². The molecule has 1 aliphatic rings. The third kappa shape index (κ3) is 6.25. The molecule has 2 aromatic rings. The number of phosphoric acid groups is 2. The Kier molecular flexibility index (Phi) is 7.76. The predicted molar refractivity (Wildman–Crippen MR) is 113 cm³/mol. The number of nitrogens with zero attached hydrogens (tertiary/aromatic N) is 3. The van der Waals surface area contributed by atoms with E-state index in [1.807, 2.05) is 0 Å². The van der Waals surface area contributed by atoms with Gasteiger partial charge < -0.3 is 35.4 Å². The zero-order valence-electron chi connectivity index (χ0n) is 17.6. The fourth-order valence-corrected chi connectivity index (χ4v) is 6.90. The van der Waals surface area contributed by atoms with E-state index in [1.165, 1.54) is 22.5 Å². The van der Waals surface area contributed by atoms with Crippen molar-refractivity contribution in [3.05, 3.63) is 16.7 Å². The minimum atomic E-state index is -5.61. The highest BCUT2D eigenvalue weighted by Gasteiger charge is 2.48. The second-order valence-corrected chi connectivity index (χ2v) is 12.2. The van der Waals surface area contributed by atoms with Gasteiger partial charge >= 0.3 is 28.9 Å². The summed E-state index contributed by atoms with van der Waals surface area (Å²) in [5.74, 6) is 1.47. The Hall–Kier alpha value is -1.96. The number of phosphoric ester groups is 1. The van der Waals surface area contributed by atoms with Crippen molar-refractivity contribution in [1.82, 2.24) is 14.5 Å². The van der Waals surface area contributed by atoms with Crippen molar-refractivity contribution in [3.8, 4) is 12.3 Å². The number of nitrogens with two attached hydrogens (primary N) is 1. The molecule has 0 radical (unpaired) electrons. The standard InChI is InChI=1S/C14H20N5O13P3/c1-3-4-33(23,24)31-35(27,28)32-34(25,26)29-5-7-9(20)10(21)13(30-7)19-6-18(2)8-11(19)16-14(15)17-12(8)22/h1,6-7,9-10,13,20-21H,4-5H2,2H3,(H5-,15,16,17,22,23,24,25,26,27,28)/p+1/t7-,9?,10+,13-/m1/s1. The molecule has 4 unspecified atom stereocenters. The number of imidazole rings is 1. The van der Waals surface area contributed by atoms with Crippen molar-refractivity contribution in [1.29, 1.82) is 0 Å². The van der Waals surface area contributed by atoms with Gasteiger partial charge in [-0.1, -0.05) is 10.9 Å². The van der Waals surface area contributed by atoms with Crippen LogP contribution in [0.2, 0.25) is 0 Å². The van der Waals surface area contributed by atoms with Gasteiger partial charge in [0.25, 0.3) is 11.5 Å². The van der Waals surface area contributed by atoms with Crippen molar-refractivity contribution in [2.75, 3.05) is 18.5 Å². The van der Waals surface area contributed by atoms with Crippen molar-refractivity contribution < 1.29 is 61.0 Å². The second kappa shape index (κ2) is 9.83. The van der Waals surface area contributed by atoms with Gasteiger partial charge in [-0.2, -0.15) is 4.31 Å². The molecule has 0 aromatic carbocycles. The number of anilines is 1. The molecule has 3 rings (SSSR count). The first-order valence-electron chi connectivity index (χ1n) is 9.31. The monoisotopic (exact) mass is 560 g/mol. The Balaban J connectivity index is 1.73. The number of aryl methyl sites for hydroxylation is 1. The summed E-state index contributed by atoms with van der Waals surface area (Å²) in [6.07, 6.45) is -1.09. The van der Waals surface area contributed by atoms with Crippen LogP contribution in [0, 0.1) is 12.3 Å². The van der Waals surface area contributed by atoms with Gasteiger partial charge in [0.2, 0.25) is 11.7 Å². The maximum Gasteiger partial charge on any atom is 0.488 e. The van der Waals surface area contributed by atoms with Gasteiger partial charge in [-0.15, -0.1) is 6.42 Å². The fraction of sp³-hybridized carbons (Fsp3) is 0.500. The number of rotatable bonds is 9. The van der Waals surface area contributed by atoms with Crippen LogP contribution in [0.1, 0.15) is 6.23 Å². The summed E-state index contributed by atoms with van der Waals surface area (Å²) in [6.45, 7) is -0.967. The van der Waals surface area contributed by atoms with Crippen LogP contribution in [-0.2, 0) is 38.6 Å². The van der Waals surface area contributed by atoms with Crippen molar-refractivity contribution in [2.24, 2.45) is 7.05 Å². The molecule has 1 fully saturated rings. The predicted octanol–water partition coefficient (Wildman–Crippen LogP) is -2.18. The summed E-state index contributed by atoms with van der Waals surface area (Å²) < 4.78 is 55.7. The molecule has 7 atom stereocenters. The molecule has 1 aliphatic heterocycles. The van der Waals surface area contributed by atoms with Crippen LogP contribution in [0.15, 0.2) is 11.1 Å². The number of aliphatic hydroxyl groups excluding tert-OH is 2. The SMILES string of the molecule is C#CCP(=O)(O)OP(=O)(O)OP(=O)(O)OC[C@H]1O[C@@H]([n+]2cn(C)c3c(=O)[nH]c(N)nc32)[C@@H](O)C1O. The summed E-state index contributed by atoms with van der Waals surface area (Å²) in [6, 6.07) is 0. The van der Waals surface area contributed by atoms with Gasteiger partial charge in [0.1, 0.15) is 24.5 Å². The zero-order valence-corrected chi connectivity index (χ0v) is 20.3. The van der Waals surface area contributed by atoms with Crippen molar-refractivity contribution >= 4 is 40.4 Å². The van der Waals surface area contributed by atoms with Gasteiger partial charge in [-0.25, -0.2) is 18.0 Å². The van der Waals surface area contributed by atoms with E-state index in [4.69, 9.17) is 16.9 Å². The highest BCUT2D eigenvalue weighted by molar-refractivity contribution is 7.68. The van der Waals surface area contributed by atoms with Gasteiger partial charge in [0.15, 0.2) is 6.33 Å². The smallest absolute Gasteiger partial charge is 0.387 e. The van der Waals surface area contributed by atoms with E-state index in [9.17, 15) is 43.4 Å². The van der Waals surface area contributed by atoms with Crippen LogP contribution >= 0.6 is 23.2 Å². The molecule has 18 nitrogen and oxygen atoms in total. The summed E-state index contributed by atoms with van der Waals surface area (Å²) in [4.78, 5) is 46.9. The summed E-state index contributed by atoms with van der Waals surface area (Å²) in [5, 5.41) is 20.7. The minimum absolute atomic E-state index is 0.0125. The molecule has 3 heterocycles. The van der Waals surface area contributed by atoms with Crippen molar-refractivity contribution in [3.63, 3.8) is 0 Å². The summed E-state index contributed by atoms with van der Waals surface area (Å²) in [7, 11) is -14.4. The van der Waals surface area contributed by atoms with Crippen LogP contribution in [0.25, 0.3) is 11.2 Å². The average molecular weight is 560 g/mol. The number of fused-ring (bicyclic) bond motifs is 1. The van der Waals surface area contributed by atoms with Crippen LogP contribution < -0.4 is 15.9 Å². The van der Waals surface area contributed by atoms with E-state index in [0.29, 0.717) is 0 Å². The number of aliphatic hydroxyl groups is 2. The van der Waals surface area contributed by atoms with E-state index >= 15 is 0 Å². The number of nitrogens with one attached hydrogen (secondary N) is 1. The molecule has 0 spiro atoms. The van der Waals surface area contributed by atoms with E-state index in [-0.39, 0.29) is 17.1 Å². The topological polar surface area (TPSA) is 270 Å². The summed E-state index contributed by atoms with van der Waals surface area (Å²) >= 11 is 0. The molecule has 1 saturated heterocycles. The number of H-pyrrole nitrogens is 1. The normalized spacial score (nSPS) is 27.7. The molecular weight excluding hydrogens is 539 g/mol. The largest absolute Gasteiger partial charge is 0.488 e. The number of aromatic nitrogens is 4. The molecular formula is C14H21N5O13P3+. The Morgan fingerprint density at radius 3 is 2.54 bits per heavy atom. The first-order chi connectivity index (χ1) is 16.1. The lowest BCUT2D eigenvalue weighted by Crippen LogP contribution is -2.46. The van der Waals surface area contributed by atoms with Gasteiger partial charge in [0.05, 0.1) is 13.7 Å². The molecule has 0 bridgehead atoms. The number of nitrogen functional groups attached to an aromatic ring is 1.